The Hall–Kier alpha value is -2.19. The van der Waals surface area contributed by atoms with E-state index in [0.717, 1.165) is 5.56 Å². The molecule has 0 bridgehead atoms. The minimum Gasteiger partial charge on any atom is -0.465 e. The molecule has 2 amide bonds. The van der Waals surface area contributed by atoms with Crippen LogP contribution in [0, 0.1) is 0 Å². The minimum absolute atomic E-state index is 0.0424. The van der Waals surface area contributed by atoms with E-state index in [1.54, 1.807) is 30.3 Å². The van der Waals surface area contributed by atoms with Crippen LogP contribution in [0.1, 0.15) is 49.5 Å². The Kier molecular flexibility index (Phi) is 7.37. The van der Waals surface area contributed by atoms with Crippen molar-refractivity contribution < 1.29 is 19.1 Å². The second kappa shape index (κ2) is 9.34. The standard InChI is InChI=1S/C20H24N2O4S2/c1-20(2,3)21-16(23)6-5-11-22-17(24)15(28-19(22)27)12-13-7-9-14(10-8-13)18(25)26-4/h7-10,12H,5-6,11H2,1-4H3,(H,21,23)/b15-12-. The normalized spacial score (nSPS) is 15.9. The summed E-state index contributed by atoms with van der Waals surface area (Å²) in [6, 6.07) is 6.78. The summed E-state index contributed by atoms with van der Waals surface area (Å²) in [7, 11) is 1.33. The molecule has 28 heavy (non-hydrogen) atoms. The van der Waals surface area contributed by atoms with E-state index in [-0.39, 0.29) is 17.4 Å². The average molecular weight is 421 g/mol. The van der Waals surface area contributed by atoms with Crippen molar-refractivity contribution in [2.75, 3.05) is 13.7 Å². The van der Waals surface area contributed by atoms with Crippen LogP contribution in [0.25, 0.3) is 6.08 Å². The molecule has 1 fully saturated rings. The number of nitrogens with zero attached hydrogens (tertiary/aromatic N) is 1. The van der Waals surface area contributed by atoms with Crippen molar-refractivity contribution in [2.24, 2.45) is 0 Å². The predicted octanol–water partition coefficient (Wildman–Crippen LogP) is 3.37. The van der Waals surface area contributed by atoms with Gasteiger partial charge in [-0.2, -0.15) is 0 Å². The summed E-state index contributed by atoms with van der Waals surface area (Å²) in [6.07, 6.45) is 2.62. The number of ether oxygens (including phenoxy) is 1. The monoisotopic (exact) mass is 420 g/mol. The van der Waals surface area contributed by atoms with E-state index in [2.05, 4.69) is 10.1 Å². The Bertz CT molecular complexity index is 810. The van der Waals surface area contributed by atoms with Crippen LogP contribution in [0.15, 0.2) is 29.2 Å². The molecule has 0 atom stereocenters. The van der Waals surface area contributed by atoms with Gasteiger partial charge in [0.1, 0.15) is 4.32 Å². The number of methoxy groups -OCH3 is 1. The summed E-state index contributed by atoms with van der Waals surface area (Å²) in [6.45, 7) is 6.18. The van der Waals surface area contributed by atoms with Crippen molar-refractivity contribution in [3.63, 3.8) is 0 Å². The lowest BCUT2D eigenvalue weighted by molar-refractivity contribution is -0.124. The van der Waals surface area contributed by atoms with E-state index in [1.807, 2.05) is 20.8 Å². The number of thioether (sulfide) groups is 1. The molecule has 1 aliphatic rings. The number of thiocarbonyl (C=S) groups is 1. The lowest BCUT2D eigenvalue weighted by Crippen LogP contribution is -2.40. The van der Waals surface area contributed by atoms with Crippen molar-refractivity contribution in [1.82, 2.24) is 10.2 Å². The smallest absolute Gasteiger partial charge is 0.337 e. The number of rotatable bonds is 6. The largest absolute Gasteiger partial charge is 0.465 e. The third-order valence-corrected chi connectivity index (χ3v) is 5.18. The maximum absolute atomic E-state index is 12.6. The van der Waals surface area contributed by atoms with Gasteiger partial charge < -0.3 is 10.1 Å². The Morgan fingerprint density at radius 3 is 2.46 bits per heavy atom. The zero-order chi connectivity index (χ0) is 20.9. The summed E-state index contributed by atoms with van der Waals surface area (Å²) < 4.78 is 5.16. The van der Waals surface area contributed by atoms with Gasteiger partial charge in [0.2, 0.25) is 5.91 Å². The Morgan fingerprint density at radius 1 is 1.25 bits per heavy atom. The molecule has 0 unspecified atom stereocenters. The molecule has 1 aromatic carbocycles. The van der Waals surface area contributed by atoms with Gasteiger partial charge in [-0.25, -0.2) is 4.79 Å². The van der Waals surface area contributed by atoms with Crippen LogP contribution in [0.4, 0.5) is 0 Å². The number of hydrogen-bond donors (Lipinski definition) is 1. The Balaban J connectivity index is 1.96. The van der Waals surface area contributed by atoms with Gasteiger partial charge in [-0.05, 0) is 51.0 Å². The summed E-state index contributed by atoms with van der Waals surface area (Å²) in [5.41, 5.74) is 0.962. The maximum Gasteiger partial charge on any atom is 0.337 e. The van der Waals surface area contributed by atoms with E-state index in [4.69, 9.17) is 12.2 Å². The van der Waals surface area contributed by atoms with Crippen LogP contribution < -0.4 is 5.32 Å². The van der Waals surface area contributed by atoms with Crippen molar-refractivity contribution in [3.8, 4) is 0 Å². The fourth-order valence-electron chi connectivity index (χ4n) is 2.56. The molecule has 0 aliphatic carbocycles. The van der Waals surface area contributed by atoms with Gasteiger partial charge in [-0.3, -0.25) is 14.5 Å². The van der Waals surface area contributed by atoms with E-state index >= 15 is 0 Å². The molecule has 0 spiro atoms. The molecule has 1 N–H and O–H groups in total. The second-order valence-corrected chi connectivity index (χ2v) is 9.02. The van der Waals surface area contributed by atoms with Gasteiger partial charge >= 0.3 is 5.97 Å². The summed E-state index contributed by atoms with van der Waals surface area (Å²) in [5, 5.41) is 2.90. The number of nitrogens with one attached hydrogen (secondary N) is 1. The molecule has 1 aliphatic heterocycles. The first-order valence-electron chi connectivity index (χ1n) is 8.85. The Labute approximate surface area is 174 Å². The highest BCUT2D eigenvalue weighted by atomic mass is 32.2. The first kappa shape index (κ1) is 22.1. The van der Waals surface area contributed by atoms with E-state index < -0.39 is 5.97 Å². The summed E-state index contributed by atoms with van der Waals surface area (Å²) in [5.74, 6) is -0.615. The first-order chi connectivity index (χ1) is 13.1. The fraction of sp³-hybridized carbons (Fsp3) is 0.400. The predicted molar refractivity (Wildman–Crippen MR) is 115 cm³/mol. The van der Waals surface area contributed by atoms with Gasteiger partial charge in [0.05, 0.1) is 17.6 Å². The highest BCUT2D eigenvalue weighted by molar-refractivity contribution is 8.26. The molecule has 0 saturated carbocycles. The topological polar surface area (TPSA) is 75.7 Å². The molecular weight excluding hydrogens is 396 g/mol. The molecule has 1 heterocycles. The van der Waals surface area contributed by atoms with Gasteiger partial charge in [-0.15, -0.1) is 0 Å². The third-order valence-electron chi connectivity index (χ3n) is 3.80. The highest BCUT2D eigenvalue weighted by Crippen LogP contribution is 2.32. The minimum atomic E-state index is -0.409. The van der Waals surface area contributed by atoms with Crippen molar-refractivity contribution >= 4 is 52.2 Å². The maximum atomic E-state index is 12.6. The molecule has 6 nitrogen and oxygen atoms in total. The van der Waals surface area contributed by atoms with Gasteiger partial charge in [0.25, 0.3) is 5.91 Å². The summed E-state index contributed by atoms with van der Waals surface area (Å²) >= 11 is 6.55. The zero-order valence-corrected chi connectivity index (χ0v) is 18.0. The van der Waals surface area contributed by atoms with Crippen molar-refractivity contribution in [2.45, 2.75) is 39.2 Å². The van der Waals surface area contributed by atoms with E-state index in [9.17, 15) is 14.4 Å². The average Bonchev–Trinajstić information content (AvgIpc) is 2.87. The van der Waals surface area contributed by atoms with E-state index in [1.165, 1.54) is 23.8 Å². The number of esters is 1. The zero-order valence-electron chi connectivity index (χ0n) is 16.4. The molecule has 2 rings (SSSR count). The van der Waals surface area contributed by atoms with Gasteiger partial charge in [-0.1, -0.05) is 36.1 Å². The van der Waals surface area contributed by atoms with Crippen LogP contribution in [0.3, 0.4) is 0 Å². The third kappa shape index (κ3) is 6.17. The van der Waals surface area contributed by atoms with Crippen LogP contribution in [-0.4, -0.2) is 46.2 Å². The molecule has 1 aromatic rings. The van der Waals surface area contributed by atoms with Gasteiger partial charge in [0, 0.05) is 18.5 Å². The summed E-state index contributed by atoms with van der Waals surface area (Å²) in [4.78, 5) is 38.1. The second-order valence-electron chi connectivity index (χ2n) is 7.35. The first-order valence-corrected chi connectivity index (χ1v) is 10.1. The molecule has 1 saturated heterocycles. The SMILES string of the molecule is COC(=O)c1ccc(/C=C2\SC(=S)N(CCCC(=O)NC(C)(C)C)C2=O)cc1. The highest BCUT2D eigenvalue weighted by Gasteiger charge is 2.31. The Morgan fingerprint density at radius 2 is 1.89 bits per heavy atom. The molecule has 150 valence electrons. The van der Waals surface area contributed by atoms with Crippen LogP contribution >= 0.6 is 24.0 Å². The van der Waals surface area contributed by atoms with Crippen LogP contribution in [0.2, 0.25) is 0 Å². The number of benzene rings is 1. The van der Waals surface area contributed by atoms with Crippen molar-refractivity contribution in [3.05, 3.63) is 40.3 Å². The number of hydrogen-bond acceptors (Lipinski definition) is 6. The molecule has 0 aromatic heterocycles. The lowest BCUT2D eigenvalue weighted by atomic mass is 10.1. The van der Waals surface area contributed by atoms with Crippen molar-refractivity contribution in [1.29, 1.82) is 0 Å². The van der Waals surface area contributed by atoms with E-state index in [0.29, 0.717) is 34.2 Å². The number of amides is 2. The molecule has 0 radical (unpaired) electrons. The fourth-order valence-corrected chi connectivity index (χ4v) is 3.86. The van der Waals surface area contributed by atoms with Gasteiger partial charge in [0.15, 0.2) is 0 Å². The quantitative estimate of drug-likeness (QED) is 0.432. The number of carbonyl (C=O) groups excluding carboxylic acids is 3. The molecular formula is C20H24N2O4S2. The molecule has 8 heteroatoms. The number of carbonyl (C=O) groups is 3. The lowest BCUT2D eigenvalue weighted by Gasteiger charge is -2.21. The van der Waals surface area contributed by atoms with Crippen LogP contribution in [0.5, 0.6) is 0 Å². The van der Waals surface area contributed by atoms with Crippen LogP contribution in [-0.2, 0) is 14.3 Å².